The van der Waals surface area contributed by atoms with Crippen molar-refractivity contribution in [1.82, 2.24) is 4.98 Å². The van der Waals surface area contributed by atoms with Crippen LogP contribution in [0.4, 0.5) is 5.69 Å². The molecule has 0 aliphatic rings. The van der Waals surface area contributed by atoms with Crippen molar-refractivity contribution in [2.45, 2.75) is 46.5 Å². The first kappa shape index (κ1) is 20.8. The predicted octanol–water partition coefficient (Wildman–Crippen LogP) is 6.38. The molecule has 2 aromatic rings. The van der Waals surface area contributed by atoms with Gasteiger partial charge in [-0.3, -0.25) is 4.98 Å². The number of hydrogen-bond donors (Lipinski definition) is 1. The van der Waals surface area contributed by atoms with Crippen LogP contribution >= 0.6 is 0 Å². The molecular formula is C24H32N2O. The van der Waals surface area contributed by atoms with Gasteiger partial charge in [0.25, 0.3) is 0 Å². The normalized spacial score (nSPS) is 12.5. The molecule has 0 bridgehead atoms. The highest BCUT2D eigenvalue weighted by atomic mass is 16.5. The van der Waals surface area contributed by atoms with Crippen LogP contribution in [0, 0.1) is 5.92 Å². The number of rotatable bonds is 10. The lowest BCUT2D eigenvalue weighted by Crippen LogP contribution is -2.03. The number of ether oxygens (including phenoxy) is 1. The first-order valence-corrected chi connectivity index (χ1v) is 9.77. The molecule has 2 rings (SSSR count). The second-order valence-electron chi connectivity index (χ2n) is 7.00. The van der Waals surface area contributed by atoms with Crippen LogP contribution in [0.1, 0.15) is 51.3 Å². The Bertz CT molecular complexity index is 779. The molecule has 1 atom stereocenters. The molecule has 3 heteroatoms. The van der Waals surface area contributed by atoms with E-state index in [2.05, 4.69) is 55.9 Å². The van der Waals surface area contributed by atoms with E-state index in [0.29, 0.717) is 5.92 Å². The van der Waals surface area contributed by atoms with E-state index in [9.17, 15) is 0 Å². The summed E-state index contributed by atoms with van der Waals surface area (Å²) in [5.74, 6) is 1.50. The Kier molecular flexibility index (Phi) is 8.12. The molecule has 1 aromatic carbocycles. The molecule has 0 saturated heterocycles. The minimum Gasteiger partial charge on any atom is -0.497 e. The summed E-state index contributed by atoms with van der Waals surface area (Å²) in [7, 11) is 1.69. The van der Waals surface area contributed by atoms with E-state index in [4.69, 9.17) is 4.74 Å². The summed E-state index contributed by atoms with van der Waals surface area (Å²) >= 11 is 0. The molecule has 144 valence electrons. The summed E-state index contributed by atoms with van der Waals surface area (Å²) in [5.41, 5.74) is 5.52. The van der Waals surface area contributed by atoms with Crippen molar-refractivity contribution in [1.29, 1.82) is 0 Å². The molecule has 0 aliphatic carbocycles. The Labute approximate surface area is 164 Å². The summed E-state index contributed by atoms with van der Waals surface area (Å²) in [6, 6.07) is 12.2. The summed E-state index contributed by atoms with van der Waals surface area (Å²) in [6.07, 6.45) is 8.39. The van der Waals surface area contributed by atoms with Crippen LogP contribution in [0.2, 0.25) is 0 Å². The van der Waals surface area contributed by atoms with Gasteiger partial charge in [0.05, 0.1) is 7.11 Å². The molecule has 1 N–H and O–H groups in total. The summed E-state index contributed by atoms with van der Waals surface area (Å²) in [5, 5.41) is 3.41. The number of benzene rings is 1. The first-order valence-electron chi connectivity index (χ1n) is 9.77. The van der Waals surface area contributed by atoms with E-state index < -0.39 is 0 Å². The highest BCUT2D eigenvalue weighted by Gasteiger charge is 2.08. The van der Waals surface area contributed by atoms with Gasteiger partial charge in [0.15, 0.2) is 0 Å². The fraction of sp³-hybridized carbons (Fsp3) is 0.375. The lowest BCUT2D eigenvalue weighted by atomic mass is 9.92. The van der Waals surface area contributed by atoms with Gasteiger partial charge in [-0.05, 0) is 61.6 Å². The van der Waals surface area contributed by atoms with Crippen molar-refractivity contribution >= 4 is 5.69 Å². The fourth-order valence-corrected chi connectivity index (χ4v) is 3.36. The van der Waals surface area contributed by atoms with Crippen molar-refractivity contribution in [3.05, 3.63) is 77.8 Å². The highest BCUT2D eigenvalue weighted by Crippen LogP contribution is 2.22. The van der Waals surface area contributed by atoms with Crippen molar-refractivity contribution in [2.75, 3.05) is 12.4 Å². The molecule has 1 unspecified atom stereocenters. The van der Waals surface area contributed by atoms with Gasteiger partial charge in [0, 0.05) is 29.7 Å². The first-order chi connectivity index (χ1) is 13.0. The van der Waals surface area contributed by atoms with Crippen LogP contribution in [-0.2, 0) is 6.42 Å². The van der Waals surface area contributed by atoms with E-state index >= 15 is 0 Å². The quantitative estimate of drug-likeness (QED) is 0.497. The van der Waals surface area contributed by atoms with Crippen LogP contribution < -0.4 is 10.1 Å². The van der Waals surface area contributed by atoms with Gasteiger partial charge in [-0.2, -0.15) is 0 Å². The predicted molar refractivity (Wildman–Crippen MR) is 115 cm³/mol. The van der Waals surface area contributed by atoms with E-state index in [1.165, 1.54) is 30.4 Å². The molecule has 27 heavy (non-hydrogen) atoms. The van der Waals surface area contributed by atoms with Crippen molar-refractivity contribution in [3.63, 3.8) is 0 Å². The number of hydrogen-bond acceptors (Lipinski definition) is 3. The Morgan fingerprint density at radius 3 is 2.78 bits per heavy atom. The number of allylic oxidation sites excluding steroid dienone is 2. The SMILES string of the molecule is C=C(/C=C(/C)C(CC)CCC)Nc1ccnc(Cc2cccc(OC)c2)c1. The molecule has 0 fully saturated rings. The highest BCUT2D eigenvalue weighted by molar-refractivity contribution is 5.51. The van der Waals surface area contributed by atoms with Gasteiger partial charge >= 0.3 is 0 Å². The molecule has 0 saturated carbocycles. The van der Waals surface area contributed by atoms with Gasteiger partial charge < -0.3 is 10.1 Å². The maximum Gasteiger partial charge on any atom is 0.119 e. The van der Waals surface area contributed by atoms with Crippen LogP contribution in [0.25, 0.3) is 0 Å². The third-order valence-corrected chi connectivity index (χ3v) is 4.82. The summed E-state index contributed by atoms with van der Waals surface area (Å²) in [6.45, 7) is 10.9. The zero-order valence-corrected chi connectivity index (χ0v) is 17.1. The monoisotopic (exact) mass is 364 g/mol. The standard InChI is InChI=1S/C24H32N2O/c1-6-9-21(7-2)18(3)14-19(4)26-22-12-13-25-23(17-22)15-20-10-8-11-24(16-20)27-5/h8,10-14,16-17,21H,4,6-7,9,15H2,1-3,5H3,(H,25,26)/b18-14-. The lowest BCUT2D eigenvalue weighted by molar-refractivity contribution is 0.414. The Balaban J connectivity index is 2.05. The van der Waals surface area contributed by atoms with Crippen LogP contribution in [0.3, 0.4) is 0 Å². The average molecular weight is 365 g/mol. The van der Waals surface area contributed by atoms with Crippen molar-refractivity contribution < 1.29 is 4.74 Å². The molecular weight excluding hydrogens is 332 g/mol. The van der Waals surface area contributed by atoms with Gasteiger partial charge in [-0.15, -0.1) is 0 Å². The zero-order valence-electron chi connectivity index (χ0n) is 17.1. The average Bonchev–Trinajstić information content (AvgIpc) is 2.66. The van der Waals surface area contributed by atoms with Crippen LogP contribution in [-0.4, -0.2) is 12.1 Å². The largest absolute Gasteiger partial charge is 0.497 e. The Morgan fingerprint density at radius 2 is 2.07 bits per heavy atom. The molecule has 0 spiro atoms. The maximum absolute atomic E-state index is 5.30. The molecule has 1 heterocycles. The van der Waals surface area contributed by atoms with Crippen molar-refractivity contribution in [2.24, 2.45) is 5.92 Å². The van der Waals surface area contributed by atoms with Gasteiger partial charge in [-0.25, -0.2) is 0 Å². The number of aromatic nitrogens is 1. The van der Waals surface area contributed by atoms with Gasteiger partial charge in [-0.1, -0.05) is 44.6 Å². The molecule has 0 amide bonds. The van der Waals surface area contributed by atoms with Crippen molar-refractivity contribution in [3.8, 4) is 5.75 Å². The molecule has 0 radical (unpaired) electrons. The second kappa shape index (κ2) is 10.6. The van der Waals surface area contributed by atoms with Crippen LogP contribution in [0.15, 0.2) is 66.5 Å². The number of nitrogens with zero attached hydrogens (tertiary/aromatic N) is 1. The number of pyridine rings is 1. The molecule has 1 aromatic heterocycles. The summed E-state index contributed by atoms with van der Waals surface area (Å²) < 4.78 is 5.30. The third-order valence-electron chi connectivity index (χ3n) is 4.82. The van der Waals surface area contributed by atoms with Gasteiger partial charge in [0.2, 0.25) is 0 Å². The minimum atomic E-state index is 0.634. The Hall–Kier alpha value is -2.55. The van der Waals surface area contributed by atoms with E-state index in [0.717, 1.165) is 29.2 Å². The lowest BCUT2D eigenvalue weighted by Gasteiger charge is -2.16. The Morgan fingerprint density at radius 1 is 1.26 bits per heavy atom. The van der Waals surface area contributed by atoms with Gasteiger partial charge in [0.1, 0.15) is 5.75 Å². The fourth-order valence-electron chi connectivity index (χ4n) is 3.36. The second-order valence-corrected chi connectivity index (χ2v) is 7.00. The summed E-state index contributed by atoms with van der Waals surface area (Å²) in [4.78, 5) is 4.50. The zero-order chi connectivity index (χ0) is 19.6. The van der Waals surface area contributed by atoms with E-state index in [1.807, 2.05) is 30.5 Å². The van der Waals surface area contributed by atoms with Crippen LogP contribution in [0.5, 0.6) is 5.75 Å². The van der Waals surface area contributed by atoms with E-state index in [-0.39, 0.29) is 0 Å². The maximum atomic E-state index is 5.30. The topological polar surface area (TPSA) is 34.2 Å². The van der Waals surface area contributed by atoms with E-state index in [1.54, 1.807) is 7.11 Å². The smallest absolute Gasteiger partial charge is 0.119 e. The number of anilines is 1. The molecule has 3 nitrogen and oxygen atoms in total. The number of nitrogens with one attached hydrogen (secondary N) is 1. The molecule has 0 aliphatic heterocycles. The number of methoxy groups -OCH3 is 1. The third kappa shape index (κ3) is 6.59. The minimum absolute atomic E-state index is 0.634.